The van der Waals surface area contributed by atoms with Gasteiger partial charge in [0.2, 0.25) is 0 Å². The molecule has 0 atom stereocenters. The Labute approximate surface area is 131 Å². The van der Waals surface area contributed by atoms with Gasteiger partial charge in [-0.15, -0.1) is 0 Å². The van der Waals surface area contributed by atoms with Crippen molar-refractivity contribution in [3.8, 4) is 0 Å². The summed E-state index contributed by atoms with van der Waals surface area (Å²) in [6.07, 6.45) is 13.7. The molecule has 0 aliphatic carbocycles. The van der Waals surface area contributed by atoms with Gasteiger partial charge in [-0.3, -0.25) is 0 Å². The lowest BCUT2D eigenvalue weighted by Gasteiger charge is -2.04. The van der Waals surface area contributed by atoms with Crippen molar-refractivity contribution in [2.24, 2.45) is 0 Å². The van der Waals surface area contributed by atoms with Crippen LogP contribution in [0.3, 0.4) is 0 Å². The topological polar surface area (TPSA) is 46.5 Å². The molecule has 0 aliphatic heterocycles. The van der Waals surface area contributed by atoms with Crippen LogP contribution in [-0.4, -0.2) is 17.7 Å². The highest BCUT2D eigenvalue weighted by Gasteiger charge is 2.01. The standard InChI is InChI=1S/C16H30O2.C2H4O/c1-4-5-6-7-8-9-10-11-12-13-14-18-16(17)15(2)3;1-2-3/h2,4-14H2,1,3H3;2-3H,1H2. The molecule has 3 heteroatoms. The van der Waals surface area contributed by atoms with Gasteiger partial charge in [0.15, 0.2) is 0 Å². The minimum atomic E-state index is -0.258. The molecule has 0 fully saturated rings. The van der Waals surface area contributed by atoms with Gasteiger partial charge in [-0.2, -0.15) is 0 Å². The number of esters is 1. The summed E-state index contributed by atoms with van der Waals surface area (Å²) in [5.74, 6) is -0.258. The minimum absolute atomic E-state index is 0.258. The number of ether oxygens (including phenoxy) is 1. The molecular weight excluding hydrogens is 264 g/mol. The Kier molecular flexibility index (Phi) is 19.7. The van der Waals surface area contributed by atoms with Crippen molar-refractivity contribution in [1.82, 2.24) is 0 Å². The first kappa shape index (κ1) is 22.0. The number of unbranched alkanes of at least 4 members (excludes halogenated alkanes) is 9. The van der Waals surface area contributed by atoms with Gasteiger partial charge in [-0.25, -0.2) is 4.79 Å². The Balaban J connectivity index is 0. The predicted octanol–water partition coefficient (Wildman–Crippen LogP) is 5.71. The fraction of sp³-hybridized carbons (Fsp3) is 0.722. The molecule has 0 saturated carbocycles. The first-order chi connectivity index (χ1) is 10.1. The monoisotopic (exact) mass is 298 g/mol. The number of hydrogen-bond acceptors (Lipinski definition) is 3. The Hall–Kier alpha value is -1.25. The van der Waals surface area contributed by atoms with E-state index in [4.69, 9.17) is 9.84 Å². The van der Waals surface area contributed by atoms with Gasteiger partial charge in [-0.1, -0.05) is 77.9 Å². The van der Waals surface area contributed by atoms with E-state index in [-0.39, 0.29) is 5.97 Å². The molecule has 0 aromatic carbocycles. The molecule has 3 nitrogen and oxygen atoms in total. The lowest BCUT2D eigenvalue weighted by molar-refractivity contribution is -0.139. The molecule has 0 saturated heterocycles. The van der Waals surface area contributed by atoms with Crippen LogP contribution in [-0.2, 0) is 9.53 Å². The number of carbonyl (C=O) groups is 1. The van der Waals surface area contributed by atoms with Crippen molar-refractivity contribution in [2.75, 3.05) is 6.61 Å². The van der Waals surface area contributed by atoms with Gasteiger partial charge in [0, 0.05) is 5.57 Å². The maximum atomic E-state index is 11.1. The van der Waals surface area contributed by atoms with E-state index in [1.165, 1.54) is 57.8 Å². The molecule has 0 bridgehead atoms. The number of aliphatic hydroxyl groups excluding tert-OH is 1. The fourth-order valence-electron chi connectivity index (χ4n) is 1.88. The molecule has 0 aliphatic rings. The Morgan fingerprint density at radius 2 is 1.38 bits per heavy atom. The van der Waals surface area contributed by atoms with E-state index in [2.05, 4.69) is 20.1 Å². The molecule has 0 amide bonds. The average molecular weight is 298 g/mol. The normalized spacial score (nSPS) is 9.43. The van der Waals surface area contributed by atoms with E-state index in [0.29, 0.717) is 12.2 Å². The Morgan fingerprint density at radius 1 is 1.00 bits per heavy atom. The molecule has 0 aromatic heterocycles. The van der Waals surface area contributed by atoms with Crippen LogP contribution in [0.1, 0.15) is 78.1 Å². The van der Waals surface area contributed by atoms with E-state index >= 15 is 0 Å². The summed E-state index contributed by atoms with van der Waals surface area (Å²) in [5.41, 5.74) is 0.488. The third-order valence-electron chi connectivity index (χ3n) is 3.08. The van der Waals surface area contributed by atoms with E-state index in [9.17, 15) is 4.79 Å². The zero-order valence-electron chi connectivity index (χ0n) is 14.0. The lowest BCUT2D eigenvalue weighted by Crippen LogP contribution is -2.05. The minimum Gasteiger partial charge on any atom is -0.516 e. The molecule has 0 spiro atoms. The lowest BCUT2D eigenvalue weighted by atomic mass is 10.1. The number of hydrogen-bond donors (Lipinski definition) is 1. The Bertz CT molecular complexity index is 259. The maximum Gasteiger partial charge on any atom is 0.333 e. The van der Waals surface area contributed by atoms with E-state index in [0.717, 1.165) is 12.7 Å². The second-order valence-electron chi connectivity index (χ2n) is 5.28. The van der Waals surface area contributed by atoms with Gasteiger partial charge in [0.1, 0.15) is 0 Å². The third kappa shape index (κ3) is 21.2. The predicted molar refractivity (Wildman–Crippen MR) is 90.4 cm³/mol. The highest BCUT2D eigenvalue weighted by atomic mass is 16.5. The smallest absolute Gasteiger partial charge is 0.333 e. The zero-order valence-corrected chi connectivity index (χ0v) is 14.0. The Morgan fingerprint density at radius 3 is 1.76 bits per heavy atom. The quantitative estimate of drug-likeness (QED) is 0.217. The van der Waals surface area contributed by atoms with Crippen molar-refractivity contribution in [1.29, 1.82) is 0 Å². The van der Waals surface area contributed by atoms with E-state index in [1.54, 1.807) is 6.92 Å². The van der Waals surface area contributed by atoms with E-state index < -0.39 is 0 Å². The van der Waals surface area contributed by atoms with Crippen LogP contribution in [0.2, 0.25) is 0 Å². The summed E-state index contributed by atoms with van der Waals surface area (Å²) < 4.78 is 5.04. The molecular formula is C18H34O3. The number of rotatable bonds is 12. The van der Waals surface area contributed by atoms with Crippen molar-refractivity contribution in [3.63, 3.8) is 0 Å². The van der Waals surface area contributed by atoms with Crippen LogP contribution in [0.4, 0.5) is 0 Å². The first-order valence-corrected chi connectivity index (χ1v) is 8.17. The largest absolute Gasteiger partial charge is 0.516 e. The van der Waals surface area contributed by atoms with Gasteiger partial charge in [0.05, 0.1) is 12.9 Å². The molecule has 1 N–H and O–H groups in total. The van der Waals surface area contributed by atoms with E-state index in [1.807, 2.05) is 0 Å². The van der Waals surface area contributed by atoms with Gasteiger partial charge < -0.3 is 9.84 Å². The second kappa shape index (κ2) is 18.8. The number of aliphatic hydroxyl groups is 1. The van der Waals surface area contributed by atoms with Crippen LogP contribution < -0.4 is 0 Å². The summed E-state index contributed by atoms with van der Waals surface area (Å²) in [7, 11) is 0. The number of carbonyl (C=O) groups excluding carboxylic acids is 1. The zero-order chi connectivity index (χ0) is 16.3. The van der Waals surface area contributed by atoms with Crippen LogP contribution in [0.15, 0.2) is 25.0 Å². The van der Waals surface area contributed by atoms with Crippen molar-refractivity contribution >= 4 is 5.97 Å². The molecule has 0 radical (unpaired) electrons. The van der Waals surface area contributed by atoms with Crippen molar-refractivity contribution < 1.29 is 14.6 Å². The van der Waals surface area contributed by atoms with Crippen LogP contribution in [0.25, 0.3) is 0 Å². The molecule has 0 rings (SSSR count). The average Bonchev–Trinajstić information content (AvgIpc) is 2.45. The van der Waals surface area contributed by atoms with Crippen LogP contribution in [0, 0.1) is 0 Å². The summed E-state index contributed by atoms with van der Waals surface area (Å²) in [5, 5.41) is 7.33. The highest BCUT2D eigenvalue weighted by molar-refractivity contribution is 5.86. The highest BCUT2D eigenvalue weighted by Crippen LogP contribution is 2.10. The second-order valence-corrected chi connectivity index (χ2v) is 5.28. The molecule has 124 valence electrons. The molecule has 21 heavy (non-hydrogen) atoms. The summed E-state index contributed by atoms with van der Waals surface area (Å²) >= 11 is 0. The third-order valence-corrected chi connectivity index (χ3v) is 3.08. The van der Waals surface area contributed by atoms with Crippen LogP contribution >= 0.6 is 0 Å². The summed E-state index contributed by atoms with van der Waals surface area (Å²) in [6, 6.07) is 0. The van der Waals surface area contributed by atoms with Gasteiger partial charge in [0.25, 0.3) is 0 Å². The fourth-order valence-corrected chi connectivity index (χ4v) is 1.88. The molecule has 0 heterocycles. The molecule has 0 unspecified atom stereocenters. The van der Waals surface area contributed by atoms with Crippen molar-refractivity contribution in [3.05, 3.63) is 25.0 Å². The summed E-state index contributed by atoms with van der Waals surface area (Å²) in [4.78, 5) is 11.1. The van der Waals surface area contributed by atoms with Gasteiger partial charge >= 0.3 is 5.97 Å². The van der Waals surface area contributed by atoms with Gasteiger partial charge in [-0.05, 0) is 13.3 Å². The van der Waals surface area contributed by atoms with Crippen LogP contribution in [0.5, 0.6) is 0 Å². The first-order valence-electron chi connectivity index (χ1n) is 8.17. The SMILES string of the molecule is C=C(C)C(=O)OCCCCCCCCCCCC.C=CO. The van der Waals surface area contributed by atoms with Crippen molar-refractivity contribution in [2.45, 2.75) is 78.1 Å². The maximum absolute atomic E-state index is 11.1. The molecule has 0 aromatic rings. The summed E-state index contributed by atoms with van der Waals surface area (Å²) in [6.45, 7) is 10.9.